The van der Waals surface area contributed by atoms with Gasteiger partial charge in [-0.05, 0) is 35.0 Å². The number of hydrogen-bond donors (Lipinski definition) is 0. The van der Waals surface area contributed by atoms with Crippen LogP contribution in [0, 0.1) is 11.3 Å². The summed E-state index contributed by atoms with van der Waals surface area (Å²) in [5, 5.41) is 9.18. The van der Waals surface area contributed by atoms with Crippen LogP contribution in [0.4, 0.5) is 0 Å². The number of rotatable bonds is 3. The first-order valence-corrected chi connectivity index (χ1v) is 6.77. The second-order valence-electron chi connectivity index (χ2n) is 4.40. The monoisotopic (exact) mass is 269 g/mol. The summed E-state index contributed by atoms with van der Waals surface area (Å²) in [5.41, 5.74) is 4.11. The van der Waals surface area contributed by atoms with Crippen LogP contribution in [0.5, 0.6) is 5.75 Å². The predicted molar refractivity (Wildman–Crippen MR) is 81.3 cm³/mol. The quantitative estimate of drug-likeness (QED) is 0.783. The Bertz CT molecular complexity index is 629. The van der Waals surface area contributed by atoms with Crippen molar-refractivity contribution in [3.63, 3.8) is 0 Å². The van der Waals surface area contributed by atoms with Gasteiger partial charge in [0.15, 0.2) is 0 Å². The van der Waals surface area contributed by atoms with Gasteiger partial charge in [0, 0.05) is 5.56 Å². The number of benzene rings is 2. The molecular formula is C16H16NOP. The topological polar surface area (TPSA) is 33.0 Å². The highest BCUT2D eigenvalue weighted by Gasteiger charge is 2.11. The highest BCUT2D eigenvalue weighted by atomic mass is 31.0. The number of nitrogens with zero attached hydrogens (tertiary/aromatic N) is 1. The third-order valence-corrected chi connectivity index (χ3v) is 3.44. The molecule has 96 valence electrons. The third-order valence-electron chi connectivity index (χ3n) is 3.08. The van der Waals surface area contributed by atoms with Gasteiger partial charge in [-0.3, -0.25) is 0 Å². The van der Waals surface area contributed by atoms with E-state index in [0.717, 1.165) is 22.4 Å². The van der Waals surface area contributed by atoms with Crippen molar-refractivity contribution in [2.24, 2.45) is 0 Å². The zero-order valence-corrected chi connectivity index (χ0v) is 12.2. The molecular weight excluding hydrogens is 253 g/mol. The second kappa shape index (κ2) is 5.87. The summed E-state index contributed by atoms with van der Waals surface area (Å²) in [4.78, 5) is 0. The lowest BCUT2D eigenvalue weighted by atomic mass is 9.97. The average molecular weight is 269 g/mol. The van der Waals surface area contributed by atoms with Crippen LogP contribution in [-0.4, -0.2) is 7.11 Å². The molecule has 0 aliphatic rings. The number of nitriles is 1. The molecule has 2 unspecified atom stereocenters. The van der Waals surface area contributed by atoms with Crippen molar-refractivity contribution in [1.82, 2.24) is 0 Å². The van der Waals surface area contributed by atoms with Gasteiger partial charge < -0.3 is 4.74 Å². The SMILES string of the molecule is COc1ccc(-c2ccccc2C#N)cc1C(C)P. The Morgan fingerprint density at radius 3 is 2.58 bits per heavy atom. The Hall–Kier alpha value is -1.84. The largest absolute Gasteiger partial charge is 0.496 e. The van der Waals surface area contributed by atoms with Crippen LogP contribution < -0.4 is 4.74 Å². The van der Waals surface area contributed by atoms with Gasteiger partial charge in [0.25, 0.3) is 0 Å². The van der Waals surface area contributed by atoms with Crippen LogP contribution in [0.2, 0.25) is 0 Å². The van der Waals surface area contributed by atoms with E-state index in [9.17, 15) is 5.26 Å². The summed E-state index contributed by atoms with van der Waals surface area (Å²) in [6, 6.07) is 15.9. The van der Waals surface area contributed by atoms with Crippen molar-refractivity contribution >= 4 is 9.24 Å². The van der Waals surface area contributed by atoms with Crippen LogP contribution in [0.3, 0.4) is 0 Å². The lowest BCUT2D eigenvalue weighted by molar-refractivity contribution is 0.410. The summed E-state index contributed by atoms with van der Waals surface area (Å²) >= 11 is 0. The Kier molecular flexibility index (Phi) is 4.20. The molecule has 19 heavy (non-hydrogen) atoms. The van der Waals surface area contributed by atoms with Gasteiger partial charge >= 0.3 is 0 Å². The van der Waals surface area contributed by atoms with E-state index in [1.54, 1.807) is 7.11 Å². The minimum Gasteiger partial charge on any atom is -0.496 e. The van der Waals surface area contributed by atoms with E-state index in [2.05, 4.69) is 28.3 Å². The molecule has 0 heterocycles. The molecule has 0 spiro atoms. The van der Waals surface area contributed by atoms with Crippen LogP contribution >= 0.6 is 9.24 Å². The molecule has 2 rings (SSSR count). The van der Waals surface area contributed by atoms with Crippen LogP contribution in [-0.2, 0) is 0 Å². The lowest BCUT2D eigenvalue weighted by Gasteiger charge is -2.14. The molecule has 2 atom stereocenters. The number of methoxy groups -OCH3 is 1. The van der Waals surface area contributed by atoms with Crippen LogP contribution in [0.25, 0.3) is 11.1 Å². The molecule has 2 aromatic carbocycles. The smallest absolute Gasteiger partial charge is 0.122 e. The lowest BCUT2D eigenvalue weighted by Crippen LogP contribution is -1.94. The van der Waals surface area contributed by atoms with Crippen molar-refractivity contribution in [1.29, 1.82) is 5.26 Å². The molecule has 2 aromatic rings. The average Bonchev–Trinajstić information content (AvgIpc) is 2.46. The molecule has 0 radical (unpaired) electrons. The van der Waals surface area contributed by atoms with Gasteiger partial charge in [0.1, 0.15) is 5.75 Å². The van der Waals surface area contributed by atoms with Gasteiger partial charge in [0.2, 0.25) is 0 Å². The maximum absolute atomic E-state index is 9.18. The molecule has 0 aromatic heterocycles. The highest BCUT2D eigenvalue weighted by Crippen LogP contribution is 2.35. The summed E-state index contributed by atoms with van der Waals surface area (Å²) in [6.07, 6.45) is 0. The standard InChI is InChI=1S/C16H16NOP/c1-11(19)15-9-12(7-8-16(15)18-2)14-6-4-3-5-13(14)10-17/h3-9,11H,19H2,1-2H3. The summed E-state index contributed by atoms with van der Waals surface area (Å²) in [7, 11) is 4.45. The van der Waals surface area contributed by atoms with Crippen molar-refractivity contribution in [2.75, 3.05) is 7.11 Å². The van der Waals surface area contributed by atoms with Crippen molar-refractivity contribution in [2.45, 2.75) is 12.6 Å². The fourth-order valence-corrected chi connectivity index (χ4v) is 2.35. The zero-order valence-electron chi connectivity index (χ0n) is 11.1. The molecule has 0 amide bonds. The Morgan fingerprint density at radius 1 is 1.21 bits per heavy atom. The molecule has 2 nitrogen and oxygen atoms in total. The third kappa shape index (κ3) is 2.78. The van der Waals surface area contributed by atoms with E-state index in [0.29, 0.717) is 11.2 Å². The Balaban J connectivity index is 2.58. The Labute approximate surface area is 116 Å². The van der Waals surface area contributed by atoms with Crippen molar-refractivity contribution < 1.29 is 4.74 Å². The highest BCUT2D eigenvalue weighted by molar-refractivity contribution is 7.17. The minimum absolute atomic E-state index is 0.296. The first-order chi connectivity index (χ1) is 9.17. The van der Waals surface area contributed by atoms with E-state index in [4.69, 9.17) is 4.74 Å². The summed E-state index contributed by atoms with van der Waals surface area (Å²) in [5.74, 6) is 0.876. The molecule has 3 heteroatoms. The number of ether oxygens (including phenoxy) is 1. The molecule has 0 fully saturated rings. The van der Waals surface area contributed by atoms with E-state index in [-0.39, 0.29) is 0 Å². The predicted octanol–water partition coefficient (Wildman–Crippen LogP) is 4.17. The van der Waals surface area contributed by atoms with Crippen molar-refractivity contribution in [3.8, 4) is 22.9 Å². The molecule has 0 aliphatic carbocycles. The van der Waals surface area contributed by atoms with Gasteiger partial charge in [-0.25, -0.2) is 0 Å². The summed E-state index contributed by atoms with van der Waals surface area (Å²) in [6.45, 7) is 2.10. The first kappa shape index (κ1) is 13.6. The molecule has 0 saturated carbocycles. The van der Waals surface area contributed by atoms with Crippen LogP contribution in [0.1, 0.15) is 23.7 Å². The van der Waals surface area contributed by atoms with Gasteiger partial charge in [0.05, 0.1) is 18.7 Å². The van der Waals surface area contributed by atoms with Gasteiger partial charge in [-0.15, -0.1) is 9.24 Å². The van der Waals surface area contributed by atoms with Crippen LogP contribution in [0.15, 0.2) is 42.5 Å². The molecule has 0 saturated heterocycles. The fourth-order valence-electron chi connectivity index (χ4n) is 2.09. The molecule has 0 aliphatic heterocycles. The van der Waals surface area contributed by atoms with Gasteiger partial charge in [-0.2, -0.15) is 5.26 Å². The minimum atomic E-state index is 0.296. The van der Waals surface area contributed by atoms with E-state index < -0.39 is 0 Å². The maximum atomic E-state index is 9.18. The van der Waals surface area contributed by atoms with Gasteiger partial charge in [-0.1, -0.05) is 31.2 Å². The maximum Gasteiger partial charge on any atom is 0.122 e. The Morgan fingerprint density at radius 2 is 1.95 bits per heavy atom. The zero-order chi connectivity index (χ0) is 13.8. The van der Waals surface area contributed by atoms with E-state index in [1.807, 2.05) is 36.4 Å². The van der Waals surface area contributed by atoms with Crippen molar-refractivity contribution in [3.05, 3.63) is 53.6 Å². The molecule has 0 bridgehead atoms. The van der Waals surface area contributed by atoms with E-state index in [1.165, 1.54) is 0 Å². The molecule has 0 N–H and O–H groups in total. The second-order valence-corrected chi connectivity index (χ2v) is 5.40. The first-order valence-electron chi connectivity index (χ1n) is 6.10. The summed E-state index contributed by atoms with van der Waals surface area (Å²) < 4.78 is 5.38. The number of hydrogen-bond acceptors (Lipinski definition) is 2. The normalized spacial score (nSPS) is 11.7. The fraction of sp³-hybridized carbons (Fsp3) is 0.188. The van der Waals surface area contributed by atoms with E-state index >= 15 is 0 Å².